The average Bonchev–Trinajstić information content (AvgIpc) is 4.21. The standard InChI is InChI=1S/2C16H29O8P.C15H27O8P/c2*1-10-7-13(15(21-10)9-18-3)24-25(17)20-6-5-12(23-25)16-14(19-4)8-11(2)22-16;1-10-5-12(13(21-10)7-17-3)23-24(16)19-8-15(9-20-24)14(18-4)6-11(2)22-15/h2*10-16H,5-9H2,1-4H3;10-14H,5-9H2,1-4H3/t10-,11-,12+,13-,14-,15+,16+,25+;10-,11-,12-,13-,14-,15+,16+,25+;10-,11-,12-,13+,14-,15?,24?/m000/s1. The number of phosphoric ester groups is 3. The Morgan fingerprint density at radius 1 is 0.432 bits per heavy atom. The number of rotatable bonds is 17. The van der Waals surface area contributed by atoms with Gasteiger partial charge in [-0.05, 0) is 41.5 Å². The number of methoxy groups -OCH3 is 6. The summed E-state index contributed by atoms with van der Waals surface area (Å²) < 4.78 is 156. The average molecular weight is 1130 g/mol. The van der Waals surface area contributed by atoms with Crippen molar-refractivity contribution in [2.75, 3.05) is 88.9 Å². The van der Waals surface area contributed by atoms with Gasteiger partial charge in [0.2, 0.25) is 0 Å². The molecular weight excluding hydrogens is 1040 g/mol. The first-order chi connectivity index (χ1) is 35.3. The summed E-state index contributed by atoms with van der Waals surface area (Å²) in [6.07, 6.45) is 1.95. The van der Waals surface area contributed by atoms with E-state index in [0.717, 1.165) is 19.3 Å². The molecule has 0 N–H and O–H groups in total. The summed E-state index contributed by atoms with van der Waals surface area (Å²) in [6, 6.07) is 0. The number of hydrogen-bond donors (Lipinski definition) is 0. The third-order valence-electron chi connectivity index (χ3n) is 14.5. The fourth-order valence-electron chi connectivity index (χ4n) is 11.1. The molecule has 0 aliphatic carbocycles. The maximum atomic E-state index is 13.0. The van der Waals surface area contributed by atoms with Gasteiger partial charge in [-0.1, -0.05) is 0 Å². The van der Waals surface area contributed by atoms with E-state index in [1.807, 2.05) is 41.5 Å². The van der Waals surface area contributed by atoms with Crippen molar-refractivity contribution in [3.05, 3.63) is 0 Å². The second kappa shape index (κ2) is 27.5. The Labute approximate surface area is 437 Å². The molecule has 9 heterocycles. The zero-order valence-electron chi connectivity index (χ0n) is 45.2. The van der Waals surface area contributed by atoms with Crippen LogP contribution >= 0.6 is 23.5 Å². The van der Waals surface area contributed by atoms with Gasteiger partial charge in [-0.15, -0.1) is 0 Å². The fraction of sp³-hybridized carbons (Fsp3) is 1.00. The summed E-state index contributed by atoms with van der Waals surface area (Å²) in [5.41, 5.74) is -0.725. The predicted molar refractivity (Wildman–Crippen MR) is 261 cm³/mol. The third-order valence-corrected chi connectivity index (χ3v) is 19.1. The monoisotopic (exact) mass is 1130 g/mol. The van der Waals surface area contributed by atoms with E-state index >= 15 is 0 Å². The zero-order valence-corrected chi connectivity index (χ0v) is 47.9. The lowest BCUT2D eigenvalue weighted by Gasteiger charge is -2.39. The first-order valence-corrected chi connectivity index (χ1v) is 30.5. The summed E-state index contributed by atoms with van der Waals surface area (Å²) >= 11 is 0. The summed E-state index contributed by atoms with van der Waals surface area (Å²) in [5.74, 6) is 0. The van der Waals surface area contributed by atoms with Crippen LogP contribution in [0.25, 0.3) is 0 Å². The molecule has 9 saturated heterocycles. The van der Waals surface area contributed by atoms with E-state index < -0.39 is 29.1 Å². The van der Waals surface area contributed by atoms with Crippen LogP contribution in [0.15, 0.2) is 0 Å². The largest absolute Gasteiger partial charge is 0.475 e. The predicted octanol–water partition coefficient (Wildman–Crippen LogP) is 6.52. The van der Waals surface area contributed by atoms with Crippen molar-refractivity contribution < 1.29 is 111 Å². The molecule has 9 aliphatic rings. The lowest BCUT2D eigenvalue weighted by molar-refractivity contribution is -0.160. The van der Waals surface area contributed by atoms with Crippen molar-refractivity contribution in [2.45, 2.75) is 214 Å². The highest BCUT2D eigenvalue weighted by atomic mass is 31.2. The fourth-order valence-corrected chi connectivity index (χ4v) is 15.8. The molecule has 0 aromatic heterocycles. The van der Waals surface area contributed by atoms with Crippen molar-refractivity contribution in [2.24, 2.45) is 0 Å². The summed E-state index contributed by atoms with van der Waals surface area (Å²) in [6.45, 7) is 13.7. The highest BCUT2D eigenvalue weighted by Crippen LogP contribution is 2.60. The van der Waals surface area contributed by atoms with E-state index in [9.17, 15) is 13.7 Å². The van der Waals surface area contributed by atoms with Gasteiger partial charge in [0, 0.05) is 94.0 Å². The molecule has 9 aliphatic heterocycles. The Balaban J connectivity index is 0.000000162. The zero-order chi connectivity index (χ0) is 53.4. The highest BCUT2D eigenvalue weighted by Gasteiger charge is 2.56. The van der Waals surface area contributed by atoms with Crippen LogP contribution in [-0.2, 0) is 111 Å². The summed E-state index contributed by atoms with van der Waals surface area (Å²) in [7, 11) is -1.31. The van der Waals surface area contributed by atoms with Crippen molar-refractivity contribution in [3.8, 4) is 0 Å². The van der Waals surface area contributed by atoms with Gasteiger partial charge in [0.05, 0.1) is 101 Å². The Hall–Kier alpha value is -0.150. The lowest BCUT2D eigenvalue weighted by Crippen LogP contribution is -2.51. The van der Waals surface area contributed by atoms with Crippen LogP contribution in [0.1, 0.15) is 92.9 Å². The first kappa shape index (κ1) is 61.5. The van der Waals surface area contributed by atoms with Crippen LogP contribution in [-0.4, -0.2) is 210 Å². The molecule has 0 saturated carbocycles. The molecule has 21 atom stereocenters. The van der Waals surface area contributed by atoms with Gasteiger partial charge in [-0.2, -0.15) is 0 Å². The molecule has 9 rings (SSSR count). The van der Waals surface area contributed by atoms with Crippen molar-refractivity contribution in [1.29, 1.82) is 0 Å². The molecule has 74 heavy (non-hydrogen) atoms. The molecule has 0 bridgehead atoms. The Bertz CT molecular complexity index is 1770. The molecule has 9 fully saturated rings. The van der Waals surface area contributed by atoms with E-state index in [1.54, 1.807) is 42.7 Å². The van der Waals surface area contributed by atoms with Crippen LogP contribution in [0.4, 0.5) is 0 Å². The van der Waals surface area contributed by atoms with Crippen molar-refractivity contribution in [3.63, 3.8) is 0 Å². The molecule has 27 heteroatoms. The Morgan fingerprint density at radius 2 is 0.797 bits per heavy atom. The van der Waals surface area contributed by atoms with Crippen molar-refractivity contribution >= 4 is 23.5 Å². The molecule has 1 spiro atoms. The van der Waals surface area contributed by atoms with Crippen LogP contribution in [0.2, 0.25) is 0 Å². The van der Waals surface area contributed by atoms with Gasteiger partial charge in [0.25, 0.3) is 0 Å². The maximum absolute atomic E-state index is 13.0. The van der Waals surface area contributed by atoms with Gasteiger partial charge in [0.15, 0.2) is 0 Å². The van der Waals surface area contributed by atoms with E-state index in [4.69, 9.17) is 97.6 Å². The smallest absolute Gasteiger partial charge is 0.382 e. The molecule has 0 unspecified atom stereocenters. The molecule has 0 aromatic carbocycles. The second-order valence-corrected chi connectivity index (χ2v) is 25.4. The minimum Gasteiger partial charge on any atom is -0.382 e. The number of phosphoric acid groups is 3. The highest BCUT2D eigenvalue weighted by molar-refractivity contribution is 7.49. The normalized spacial score (nSPS) is 48.4. The van der Waals surface area contributed by atoms with Crippen LogP contribution in [0, 0.1) is 0 Å². The Morgan fingerprint density at radius 3 is 1.16 bits per heavy atom. The number of ether oxygens (including phenoxy) is 12. The van der Waals surface area contributed by atoms with Gasteiger partial charge >= 0.3 is 23.5 Å². The minimum absolute atomic E-state index is 0.00854. The van der Waals surface area contributed by atoms with Crippen molar-refractivity contribution in [1.82, 2.24) is 0 Å². The van der Waals surface area contributed by atoms with E-state index in [0.29, 0.717) is 65.1 Å². The minimum atomic E-state index is -3.69. The second-order valence-electron chi connectivity index (χ2n) is 20.7. The number of hydrogen-bond acceptors (Lipinski definition) is 24. The molecule has 432 valence electrons. The van der Waals surface area contributed by atoms with Crippen LogP contribution < -0.4 is 0 Å². The molecule has 24 nitrogen and oxygen atoms in total. The topological polar surface area (TPSA) is 245 Å². The van der Waals surface area contributed by atoms with Crippen LogP contribution in [0.5, 0.6) is 0 Å². The quantitative estimate of drug-likeness (QED) is 0.141. The summed E-state index contributed by atoms with van der Waals surface area (Å²) in [5, 5.41) is 0. The first-order valence-electron chi connectivity index (χ1n) is 26.1. The van der Waals surface area contributed by atoms with Gasteiger partial charge in [-0.25, -0.2) is 13.7 Å². The molecule has 0 radical (unpaired) electrons. The SMILES string of the molecule is COC[C@H]1O[C@@H](C)C[C@@H]1OP1(=O)OCC2(CO1)O[C@@H](C)C[C@@H]2OC.COC[C@H]1O[C@@H](C)C[C@@H]1O[P@]1(=O)OCC[C@@H]([C@H]2O[C@@H](C)C[C@@H]2OC)O1.COC[C@H]1O[C@@H](C)C[C@@H]1O[P@]1(=O)OCC[C@H]([C@H]2O[C@@H](C)C[C@@H]2OC)O1. The lowest BCUT2D eigenvalue weighted by atomic mass is 9.98. The molecular formula is C47H85O24P3. The van der Waals surface area contributed by atoms with Gasteiger partial charge in [0.1, 0.15) is 66.6 Å². The van der Waals surface area contributed by atoms with Gasteiger partial charge in [-0.3, -0.25) is 40.7 Å². The van der Waals surface area contributed by atoms with E-state index in [1.165, 1.54) is 0 Å². The van der Waals surface area contributed by atoms with E-state index in [-0.39, 0.29) is 129 Å². The summed E-state index contributed by atoms with van der Waals surface area (Å²) in [4.78, 5) is 0. The van der Waals surface area contributed by atoms with E-state index in [2.05, 4.69) is 0 Å². The van der Waals surface area contributed by atoms with Crippen LogP contribution in [0.3, 0.4) is 0 Å². The Kier molecular flexibility index (Phi) is 22.9. The molecule has 0 aromatic rings. The maximum Gasteiger partial charge on any atom is 0.475 e. The molecule has 0 amide bonds. The van der Waals surface area contributed by atoms with Gasteiger partial charge < -0.3 is 56.8 Å². The third kappa shape index (κ3) is 15.8.